The third-order valence-electron chi connectivity index (χ3n) is 5.40. The molecule has 0 fully saturated rings. The van der Waals surface area contributed by atoms with Crippen molar-refractivity contribution in [1.29, 1.82) is 0 Å². The van der Waals surface area contributed by atoms with Gasteiger partial charge in [-0.3, -0.25) is 4.90 Å². The largest absolute Gasteiger partial charge is 0.480 e. The molecule has 3 N–H and O–H groups in total. The number of fused-ring (bicyclic) bond motifs is 3. The minimum absolute atomic E-state index is 0.103. The van der Waals surface area contributed by atoms with Crippen LogP contribution in [0.25, 0.3) is 11.1 Å². The summed E-state index contributed by atoms with van der Waals surface area (Å²) in [6, 6.07) is 15.0. The maximum atomic E-state index is 12.9. The number of carboxylic acid groups (broad SMARTS) is 1. The Kier molecular flexibility index (Phi) is 7.18. The van der Waals surface area contributed by atoms with E-state index in [1.54, 1.807) is 0 Å². The van der Waals surface area contributed by atoms with Crippen molar-refractivity contribution in [1.82, 2.24) is 4.90 Å². The summed E-state index contributed by atoms with van der Waals surface area (Å²) in [7, 11) is 0. The standard InChI is InChI=1S/C23H26N2O4S/c1-15(30)25(21(22(26)27)12-6-7-13-24)23(28)29-14-20-18-10-4-2-8-16(18)17-9-3-5-11-19(17)20/h2-5,8-11,20-21H,6-7,12-14,24H2,1H3,(H,26,27)/t21-/m0/s1. The third kappa shape index (κ3) is 4.52. The molecule has 2 aromatic carbocycles. The zero-order valence-electron chi connectivity index (χ0n) is 16.9. The van der Waals surface area contributed by atoms with Gasteiger partial charge in [0.2, 0.25) is 0 Å². The summed E-state index contributed by atoms with van der Waals surface area (Å²) >= 11 is 5.18. The van der Waals surface area contributed by atoms with E-state index in [-0.39, 0.29) is 23.9 Å². The second-order valence-electron chi connectivity index (χ2n) is 7.33. The van der Waals surface area contributed by atoms with E-state index in [1.165, 1.54) is 6.92 Å². The number of nitrogens with two attached hydrogens (primary N) is 1. The van der Waals surface area contributed by atoms with Gasteiger partial charge in [-0.15, -0.1) is 0 Å². The molecule has 1 amide bonds. The van der Waals surface area contributed by atoms with E-state index in [0.717, 1.165) is 27.2 Å². The number of aliphatic carboxylic acids is 1. The van der Waals surface area contributed by atoms with Crippen molar-refractivity contribution in [3.05, 3.63) is 59.7 Å². The Morgan fingerprint density at radius 2 is 1.67 bits per heavy atom. The van der Waals surface area contributed by atoms with Crippen molar-refractivity contribution in [2.75, 3.05) is 13.2 Å². The quantitative estimate of drug-likeness (QED) is 0.486. The number of rotatable bonds is 8. The molecule has 1 aliphatic rings. The number of carboxylic acids is 1. The van der Waals surface area contributed by atoms with Crippen molar-refractivity contribution in [3.63, 3.8) is 0 Å². The first kappa shape index (κ1) is 21.9. The first-order valence-electron chi connectivity index (χ1n) is 10.0. The van der Waals surface area contributed by atoms with E-state index in [2.05, 4.69) is 12.1 Å². The molecule has 6 nitrogen and oxygen atoms in total. The molecule has 0 radical (unpaired) electrons. The molecule has 0 heterocycles. The van der Waals surface area contributed by atoms with Crippen LogP contribution >= 0.6 is 12.2 Å². The second kappa shape index (κ2) is 9.82. The summed E-state index contributed by atoms with van der Waals surface area (Å²) in [6.07, 6.45) is 0.803. The van der Waals surface area contributed by atoms with E-state index in [1.807, 2.05) is 36.4 Å². The van der Waals surface area contributed by atoms with Gasteiger partial charge in [0.1, 0.15) is 12.6 Å². The highest BCUT2D eigenvalue weighted by Gasteiger charge is 2.34. The van der Waals surface area contributed by atoms with Crippen LogP contribution in [0, 0.1) is 0 Å². The van der Waals surface area contributed by atoms with E-state index < -0.39 is 18.1 Å². The number of nitrogens with zero attached hydrogens (tertiary/aromatic N) is 1. The molecule has 0 spiro atoms. The van der Waals surface area contributed by atoms with Crippen LogP contribution in [-0.2, 0) is 9.53 Å². The number of benzene rings is 2. The fraction of sp³-hybridized carbons (Fsp3) is 0.348. The molecule has 2 aromatic rings. The van der Waals surface area contributed by atoms with Gasteiger partial charge < -0.3 is 15.6 Å². The van der Waals surface area contributed by atoms with Crippen LogP contribution in [-0.4, -0.2) is 46.3 Å². The lowest BCUT2D eigenvalue weighted by atomic mass is 9.98. The normalized spacial score (nSPS) is 13.3. The maximum Gasteiger partial charge on any atom is 0.415 e. The molecular formula is C23H26N2O4S. The third-order valence-corrected chi connectivity index (χ3v) is 5.60. The fourth-order valence-corrected chi connectivity index (χ4v) is 4.19. The van der Waals surface area contributed by atoms with Crippen LogP contribution in [0.4, 0.5) is 4.79 Å². The van der Waals surface area contributed by atoms with Gasteiger partial charge in [-0.2, -0.15) is 0 Å². The predicted molar refractivity (Wildman–Crippen MR) is 120 cm³/mol. The maximum absolute atomic E-state index is 12.9. The monoisotopic (exact) mass is 426 g/mol. The Hall–Kier alpha value is -2.77. The summed E-state index contributed by atoms with van der Waals surface area (Å²) in [6.45, 7) is 2.12. The first-order valence-corrected chi connectivity index (χ1v) is 10.4. The Morgan fingerprint density at radius 3 is 2.17 bits per heavy atom. The Labute approximate surface area is 181 Å². The molecule has 0 saturated heterocycles. The van der Waals surface area contributed by atoms with Gasteiger partial charge in [0, 0.05) is 5.92 Å². The van der Waals surface area contributed by atoms with Crippen LogP contribution in [0.1, 0.15) is 43.2 Å². The smallest absolute Gasteiger partial charge is 0.415 e. The number of thiocarbonyl (C=S) groups is 1. The number of carbonyl (C=O) groups excluding carboxylic acids is 1. The highest BCUT2D eigenvalue weighted by Crippen LogP contribution is 2.44. The molecule has 3 rings (SSSR count). The molecule has 1 aliphatic carbocycles. The lowest BCUT2D eigenvalue weighted by molar-refractivity contribution is -0.141. The van der Waals surface area contributed by atoms with Gasteiger partial charge in [0.25, 0.3) is 0 Å². The Morgan fingerprint density at radius 1 is 1.10 bits per heavy atom. The van der Waals surface area contributed by atoms with E-state index in [4.69, 9.17) is 22.7 Å². The van der Waals surface area contributed by atoms with Crippen LogP contribution < -0.4 is 5.73 Å². The minimum atomic E-state index is -1.11. The SMILES string of the molecule is CC(=S)N(C(=O)OCC1c2ccccc2-c2ccccc21)[C@@H](CCCCN)C(=O)O. The number of hydrogen-bond donors (Lipinski definition) is 2. The molecule has 0 aromatic heterocycles. The van der Waals surface area contributed by atoms with Crippen molar-refractivity contribution in [3.8, 4) is 11.1 Å². The summed E-state index contributed by atoms with van der Waals surface area (Å²) in [4.78, 5) is 25.9. The summed E-state index contributed by atoms with van der Waals surface area (Å²) < 4.78 is 5.61. The first-order chi connectivity index (χ1) is 14.5. The summed E-state index contributed by atoms with van der Waals surface area (Å²) in [5.74, 6) is -1.21. The molecule has 0 unspecified atom stereocenters. The number of amides is 1. The summed E-state index contributed by atoms with van der Waals surface area (Å²) in [5.41, 5.74) is 9.94. The highest BCUT2D eigenvalue weighted by molar-refractivity contribution is 7.80. The average molecular weight is 427 g/mol. The number of unbranched alkanes of at least 4 members (excludes halogenated alkanes) is 1. The lowest BCUT2D eigenvalue weighted by Gasteiger charge is -2.28. The second-order valence-corrected chi connectivity index (χ2v) is 7.92. The minimum Gasteiger partial charge on any atom is -0.480 e. The van der Waals surface area contributed by atoms with Crippen molar-refractivity contribution in [2.24, 2.45) is 5.73 Å². The lowest BCUT2D eigenvalue weighted by Crippen LogP contribution is -2.47. The van der Waals surface area contributed by atoms with Gasteiger partial charge in [0.05, 0.1) is 4.99 Å². The topological polar surface area (TPSA) is 92.9 Å². The predicted octanol–water partition coefficient (Wildman–Crippen LogP) is 4.17. The van der Waals surface area contributed by atoms with Crippen molar-refractivity contribution < 1.29 is 19.4 Å². The van der Waals surface area contributed by atoms with Gasteiger partial charge in [-0.1, -0.05) is 60.7 Å². The van der Waals surface area contributed by atoms with Gasteiger partial charge in [-0.25, -0.2) is 9.59 Å². The van der Waals surface area contributed by atoms with Crippen molar-refractivity contribution >= 4 is 29.3 Å². The molecule has 0 aliphatic heterocycles. The summed E-state index contributed by atoms with van der Waals surface area (Å²) in [5, 5.41) is 9.64. The zero-order valence-corrected chi connectivity index (χ0v) is 17.7. The van der Waals surface area contributed by atoms with Crippen LogP contribution in [0.2, 0.25) is 0 Å². The number of hydrogen-bond acceptors (Lipinski definition) is 5. The van der Waals surface area contributed by atoms with Gasteiger partial charge in [-0.05, 0) is 55.0 Å². The molecule has 7 heteroatoms. The van der Waals surface area contributed by atoms with Gasteiger partial charge in [0.15, 0.2) is 0 Å². The number of ether oxygens (including phenoxy) is 1. The zero-order chi connectivity index (χ0) is 21.7. The average Bonchev–Trinajstić information content (AvgIpc) is 3.05. The van der Waals surface area contributed by atoms with E-state index in [0.29, 0.717) is 19.4 Å². The van der Waals surface area contributed by atoms with E-state index >= 15 is 0 Å². The molecule has 0 bridgehead atoms. The fourth-order valence-electron chi connectivity index (χ4n) is 3.98. The van der Waals surface area contributed by atoms with Crippen LogP contribution in [0.5, 0.6) is 0 Å². The highest BCUT2D eigenvalue weighted by atomic mass is 32.1. The molecule has 0 saturated carbocycles. The molecule has 158 valence electrons. The van der Waals surface area contributed by atoms with Gasteiger partial charge >= 0.3 is 12.1 Å². The number of carbonyl (C=O) groups is 2. The van der Waals surface area contributed by atoms with Crippen LogP contribution in [0.15, 0.2) is 48.5 Å². The molecule has 30 heavy (non-hydrogen) atoms. The molecule has 1 atom stereocenters. The molecular weight excluding hydrogens is 400 g/mol. The van der Waals surface area contributed by atoms with Crippen LogP contribution in [0.3, 0.4) is 0 Å². The Bertz CT molecular complexity index is 901. The van der Waals surface area contributed by atoms with E-state index in [9.17, 15) is 14.7 Å². The Balaban J connectivity index is 1.77. The van der Waals surface area contributed by atoms with Crippen molar-refractivity contribution in [2.45, 2.75) is 38.1 Å².